The lowest BCUT2D eigenvalue weighted by atomic mass is 10.0. The molecule has 39 heavy (non-hydrogen) atoms. The lowest BCUT2D eigenvalue weighted by Gasteiger charge is -2.28. The zero-order chi connectivity index (χ0) is 27.9. The molecule has 4 aromatic rings. The highest BCUT2D eigenvalue weighted by Gasteiger charge is 2.14. The Morgan fingerprint density at radius 3 is 2.54 bits per heavy atom. The minimum atomic E-state index is -2.36. The third kappa shape index (κ3) is 6.80. The van der Waals surface area contributed by atoms with E-state index < -0.39 is 6.43 Å². The molecule has 0 bridgehead atoms. The zero-order valence-corrected chi connectivity index (χ0v) is 22.4. The third-order valence-corrected chi connectivity index (χ3v) is 6.46. The van der Waals surface area contributed by atoms with E-state index in [1.807, 2.05) is 41.8 Å². The summed E-state index contributed by atoms with van der Waals surface area (Å²) in [6.45, 7) is 15.0. The largest absolute Gasteiger partial charge is 0.387 e. The number of hydrogen-bond donors (Lipinski definition) is 3. The van der Waals surface area contributed by atoms with Gasteiger partial charge in [-0.25, -0.2) is 18.7 Å². The average molecular weight is 532 g/mol. The van der Waals surface area contributed by atoms with Crippen molar-refractivity contribution in [2.75, 3.05) is 31.5 Å². The van der Waals surface area contributed by atoms with Crippen LogP contribution in [0.5, 0.6) is 0 Å². The number of nitrogens with zero attached hydrogens (tertiary/aromatic N) is 4. The van der Waals surface area contributed by atoms with E-state index in [1.54, 1.807) is 24.5 Å². The number of alkyl halides is 2. The molecular formula is C30H35F2N7. The first kappa shape index (κ1) is 27.8. The van der Waals surface area contributed by atoms with Crippen LogP contribution in [0.15, 0.2) is 79.9 Å². The molecule has 4 rings (SSSR count). The summed E-state index contributed by atoms with van der Waals surface area (Å²) in [5.74, 6) is 0.611. The van der Waals surface area contributed by atoms with Gasteiger partial charge in [-0.3, -0.25) is 4.40 Å². The molecule has 0 radical (unpaired) electrons. The molecule has 2 heterocycles. The molecule has 0 fully saturated rings. The van der Waals surface area contributed by atoms with Crippen LogP contribution < -0.4 is 16.4 Å². The van der Waals surface area contributed by atoms with Crippen LogP contribution in [0.1, 0.15) is 23.6 Å². The van der Waals surface area contributed by atoms with E-state index in [4.69, 9.17) is 5.73 Å². The SMILES string of the molecule is C=C(C)NCCN(CCN)C(=C)c1ccc(Nc2nccn3c(-c4ccc(CC(F)F)cc4)cnc23)cc1C. The molecule has 0 aliphatic carbocycles. The van der Waals surface area contributed by atoms with Crippen LogP contribution in [0, 0.1) is 6.92 Å². The van der Waals surface area contributed by atoms with Crippen molar-refractivity contribution in [1.82, 2.24) is 24.6 Å². The van der Waals surface area contributed by atoms with Gasteiger partial charge >= 0.3 is 0 Å². The van der Waals surface area contributed by atoms with Gasteiger partial charge in [-0.2, -0.15) is 0 Å². The molecule has 204 valence electrons. The summed E-state index contributed by atoms with van der Waals surface area (Å²) in [6, 6.07) is 13.2. The van der Waals surface area contributed by atoms with Crippen molar-refractivity contribution < 1.29 is 8.78 Å². The molecule has 0 aliphatic heterocycles. The number of imidazole rings is 1. The molecule has 0 amide bonds. The van der Waals surface area contributed by atoms with Gasteiger partial charge in [0.15, 0.2) is 11.5 Å². The quantitative estimate of drug-likeness (QED) is 0.208. The summed E-state index contributed by atoms with van der Waals surface area (Å²) in [6.07, 6.45) is 2.68. The average Bonchev–Trinajstić information content (AvgIpc) is 3.33. The fraction of sp³-hybridized carbons (Fsp3) is 0.267. The zero-order valence-electron chi connectivity index (χ0n) is 22.4. The topological polar surface area (TPSA) is 83.5 Å². The Morgan fingerprint density at radius 2 is 1.87 bits per heavy atom. The lowest BCUT2D eigenvalue weighted by molar-refractivity contribution is 0.149. The molecule has 7 nitrogen and oxygen atoms in total. The van der Waals surface area contributed by atoms with Crippen molar-refractivity contribution >= 4 is 22.8 Å². The molecule has 0 aliphatic rings. The highest BCUT2D eigenvalue weighted by molar-refractivity contribution is 5.76. The second kappa shape index (κ2) is 12.5. The maximum atomic E-state index is 12.7. The summed E-state index contributed by atoms with van der Waals surface area (Å²) < 4.78 is 27.3. The normalized spacial score (nSPS) is 11.1. The molecule has 9 heteroatoms. The summed E-state index contributed by atoms with van der Waals surface area (Å²) >= 11 is 0. The number of aromatic nitrogens is 3. The van der Waals surface area contributed by atoms with Gasteiger partial charge in [0.25, 0.3) is 0 Å². The first-order valence-corrected chi connectivity index (χ1v) is 12.9. The van der Waals surface area contributed by atoms with Crippen LogP contribution in [-0.4, -0.2) is 51.9 Å². The minimum Gasteiger partial charge on any atom is -0.387 e. The van der Waals surface area contributed by atoms with Gasteiger partial charge in [-0.1, -0.05) is 43.5 Å². The van der Waals surface area contributed by atoms with Crippen LogP contribution in [-0.2, 0) is 6.42 Å². The Kier molecular flexibility index (Phi) is 8.93. The van der Waals surface area contributed by atoms with Gasteiger partial charge in [0.05, 0.1) is 11.9 Å². The van der Waals surface area contributed by atoms with Crippen molar-refractivity contribution in [2.45, 2.75) is 26.7 Å². The van der Waals surface area contributed by atoms with Gasteiger partial charge in [-0.15, -0.1) is 0 Å². The standard InChI is InChI=1S/C30H35F2N7/c1-20(2)34-12-15-38(14-11-33)22(4)26-10-9-25(17-21(26)3)37-29-30-36-19-27(39(30)16-13-35-29)24-7-5-23(6-8-24)18-28(31)32/h5-10,13,16-17,19,28,34H,1,4,11-12,14-15,18,33H2,2-3H3,(H,35,37). The third-order valence-electron chi connectivity index (χ3n) is 6.46. The van der Waals surface area contributed by atoms with Crippen molar-refractivity contribution in [1.29, 1.82) is 0 Å². The molecule has 0 saturated carbocycles. The summed E-state index contributed by atoms with van der Waals surface area (Å²) in [7, 11) is 0. The Hall–Kier alpha value is -4.24. The van der Waals surface area contributed by atoms with Gasteiger partial charge in [-0.05, 0) is 37.1 Å². The van der Waals surface area contributed by atoms with Gasteiger partial charge < -0.3 is 21.3 Å². The number of aryl methyl sites for hydroxylation is 1. The Morgan fingerprint density at radius 1 is 1.10 bits per heavy atom. The predicted molar refractivity (Wildman–Crippen MR) is 155 cm³/mol. The minimum absolute atomic E-state index is 0.256. The fourth-order valence-electron chi connectivity index (χ4n) is 4.52. The van der Waals surface area contributed by atoms with E-state index in [2.05, 4.69) is 51.6 Å². The smallest absolute Gasteiger partial charge is 0.242 e. The second-order valence-electron chi connectivity index (χ2n) is 9.49. The number of rotatable bonds is 13. The van der Waals surface area contributed by atoms with E-state index in [0.717, 1.165) is 52.6 Å². The van der Waals surface area contributed by atoms with E-state index in [1.165, 1.54) is 0 Å². The van der Waals surface area contributed by atoms with Crippen LogP contribution in [0.4, 0.5) is 20.3 Å². The molecule has 4 N–H and O–H groups in total. The van der Waals surface area contributed by atoms with Crippen molar-refractivity contribution in [2.24, 2.45) is 5.73 Å². The van der Waals surface area contributed by atoms with E-state index in [-0.39, 0.29) is 6.42 Å². The maximum Gasteiger partial charge on any atom is 0.242 e. The van der Waals surface area contributed by atoms with E-state index in [9.17, 15) is 8.78 Å². The van der Waals surface area contributed by atoms with E-state index in [0.29, 0.717) is 30.1 Å². The Labute approximate surface area is 228 Å². The number of anilines is 2. The first-order chi connectivity index (χ1) is 18.8. The van der Waals surface area contributed by atoms with Crippen molar-refractivity contribution in [3.63, 3.8) is 0 Å². The fourth-order valence-corrected chi connectivity index (χ4v) is 4.52. The van der Waals surface area contributed by atoms with Crippen LogP contribution in [0.2, 0.25) is 0 Å². The number of allylic oxidation sites excluding steroid dienone is 1. The van der Waals surface area contributed by atoms with Crippen molar-refractivity contribution in [3.05, 3.63) is 96.6 Å². The Balaban J connectivity index is 1.53. The maximum absolute atomic E-state index is 12.7. The monoisotopic (exact) mass is 531 g/mol. The molecular weight excluding hydrogens is 496 g/mol. The predicted octanol–water partition coefficient (Wildman–Crippen LogP) is 5.61. The second-order valence-corrected chi connectivity index (χ2v) is 9.49. The first-order valence-electron chi connectivity index (χ1n) is 12.9. The molecule has 0 atom stereocenters. The number of benzene rings is 2. The molecule has 0 spiro atoms. The highest BCUT2D eigenvalue weighted by Crippen LogP contribution is 2.28. The number of halogens is 2. The van der Waals surface area contributed by atoms with Crippen molar-refractivity contribution in [3.8, 4) is 11.3 Å². The molecule has 2 aromatic heterocycles. The van der Waals surface area contributed by atoms with Gasteiger partial charge in [0.2, 0.25) is 6.43 Å². The highest BCUT2D eigenvalue weighted by atomic mass is 19.3. The Bertz CT molecular complexity index is 1440. The summed E-state index contributed by atoms with van der Waals surface area (Å²) in [5.41, 5.74) is 13.7. The molecule has 0 saturated heterocycles. The molecule has 2 aromatic carbocycles. The van der Waals surface area contributed by atoms with Gasteiger partial charge in [0.1, 0.15) is 0 Å². The number of nitrogens with two attached hydrogens (primary N) is 1. The van der Waals surface area contributed by atoms with E-state index >= 15 is 0 Å². The molecule has 0 unspecified atom stereocenters. The lowest BCUT2D eigenvalue weighted by Crippen LogP contribution is -2.34. The number of hydrogen-bond acceptors (Lipinski definition) is 6. The number of nitrogens with one attached hydrogen (secondary N) is 2. The summed E-state index contributed by atoms with van der Waals surface area (Å²) in [5, 5.41) is 6.65. The summed E-state index contributed by atoms with van der Waals surface area (Å²) in [4.78, 5) is 11.3. The van der Waals surface area contributed by atoms with Crippen LogP contribution >= 0.6 is 0 Å². The van der Waals surface area contributed by atoms with Gasteiger partial charge in [0, 0.05) is 73.2 Å². The van der Waals surface area contributed by atoms with Crippen LogP contribution in [0.25, 0.3) is 22.6 Å². The number of fused-ring (bicyclic) bond motifs is 1. The van der Waals surface area contributed by atoms with Crippen LogP contribution in [0.3, 0.4) is 0 Å².